The van der Waals surface area contributed by atoms with Crippen LogP contribution >= 0.6 is 0 Å². The summed E-state index contributed by atoms with van der Waals surface area (Å²) in [5, 5.41) is 14.7. The minimum Gasteiger partial charge on any atom is -0.350 e. The largest absolute Gasteiger partial charge is 0.350 e. The molecular weight excluding hydrogens is 454 g/mol. The molecule has 2 atom stereocenters. The minimum atomic E-state index is -0.946. The predicted octanol–water partition coefficient (Wildman–Crippen LogP) is 4.39. The fourth-order valence-corrected chi connectivity index (χ4v) is 4.07. The molecule has 0 heterocycles. The van der Waals surface area contributed by atoms with E-state index in [1.165, 1.54) is 0 Å². The van der Waals surface area contributed by atoms with Gasteiger partial charge in [-0.15, -0.1) is 0 Å². The Morgan fingerprint density at radius 3 is 1.94 bits per heavy atom. The van der Waals surface area contributed by atoms with Crippen molar-refractivity contribution in [1.82, 2.24) is 16.1 Å². The lowest BCUT2D eigenvalue weighted by molar-refractivity contribution is -0.136. The van der Waals surface area contributed by atoms with Gasteiger partial charge in [0.15, 0.2) is 0 Å². The maximum Gasteiger partial charge on any atom is 0.247 e. The lowest BCUT2D eigenvalue weighted by Gasteiger charge is -2.23. The van der Waals surface area contributed by atoms with E-state index in [9.17, 15) is 14.4 Å². The Balaban J connectivity index is 1.83. The highest BCUT2D eigenvalue weighted by molar-refractivity contribution is 5.91. The minimum absolute atomic E-state index is 0.141. The quantitative estimate of drug-likeness (QED) is 0.238. The van der Waals surface area contributed by atoms with Crippen LogP contribution in [-0.2, 0) is 20.9 Å². The Labute approximate surface area is 211 Å². The summed E-state index contributed by atoms with van der Waals surface area (Å²) in [7, 11) is 0. The van der Waals surface area contributed by atoms with Gasteiger partial charge in [0.2, 0.25) is 17.7 Å². The highest BCUT2D eigenvalue weighted by Gasteiger charge is 2.29. The molecule has 4 N–H and O–H groups in total. The third-order valence-electron chi connectivity index (χ3n) is 5.89. The topological polar surface area (TPSA) is 108 Å². The van der Waals surface area contributed by atoms with Crippen molar-refractivity contribution in [1.29, 1.82) is 0 Å². The number of carbonyl (C=O) groups excluding carboxylic acids is 3. The molecule has 36 heavy (non-hydrogen) atoms. The van der Waals surface area contributed by atoms with E-state index in [0.29, 0.717) is 18.5 Å². The van der Waals surface area contributed by atoms with Gasteiger partial charge in [-0.3, -0.25) is 19.6 Å². The molecule has 3 aromatic carbocycles. The molecule has 0 fully saturated rings. The highest BCUT2D eigenvalue weighted by atomic mass is 16.5. The molecule has 0 radical (unpaired) electrons. The molecule has 3 amide bonds. The van der Waals surface area contributed by atoms with Gasteiger partial charge < -0.3 is 10.6 Å². The molecule has 0 aliphatic rings. The lowest BCUT2D eigenvalue weighted by atomic mass is 9.92. The van der Waals surface area contributed by atoms with Gasteiger partial charge >= 0.3 is 0 Å². The second-order valence-corrected chi connectivity index (χ2v) is 9.20. The first-order valence-electron chi connectivity index (χ1n) is 12.1. The molecule has 0 aromatic heterocycles. The second-order valence-electron chi connectivity index (χ2n) is 9.20. The van der Waals surface area contributed by atoms with E-state index in [0.717, 1.165) is 16.7 Å². The van der Waals surface area contributed by atoms with Crippen LogP contribution in [0.2, 0.25) is 0 Å². The van der Waals surface area contributed by atoms with Crippen molar-refractivity contribution < 1.29 is 19.6 Å². The molecule has 3 aromatic rings. The Hall–Kier alpha value is -3.97. The number of amides is 3. The first kappa shape index (κ1) is 26.6. The summed E-state index contributed by atoms with van der Waals surface area (Å²) < 4.78 is 0. The van der Waals surface area contributed by atoms with Crippen LogP contribution in [0.4, 0.5) is 0 Å². The molecule has 3 rings (SSSR count). The average Bonchev–Trinajstić information content (AvgIpc) is 2.90. The Kier molecular flexibility index (Phi) is 9.77. The highest BCUT2D eigenvalue weighted by Crippen LogP contribution is 2.24. The molecular formula is C29H33N3O4. The summed E-state index contributed by atoms with van der Waals surface area (Å²) in [5.41, 5.74) is 5.20. The van der Waals surface area contributed by atoms with Crippen LogP contribution in [0.25, 0.3) is 11.1 Å². The zero-order valence-corrected chi connectivity index (χ0v) is 20.6. The maximum absolute atomic E-state index is 13.3. The van der Waals surface area contributed by atoms with E-state index < -0.39 is 23.8 Å². The summed E-state index contributed by atoms with van der Waals surface area (Å²) in [5.74, 6) is -1.96. The van der Waals surface area contributed by atoms with Gasteiger partial charge in [0.1, 0.15) is 6.04 Å². The monoisotopic (exact) mass is 487 g/mol. The van der Waals surface area contributed by atoms with Crippen LogP contribution in [0, 0.1) is 11.8 Å². The van der Waals surface area contributed by atoms with Crippen molar-refractivity contribution in [3.63, 3.8) is 0 Å². The van der Waals surface area contributed by atoms with Crippen LogP contribution < -0.4 is 16.1 Å². The molecule has 0 aliphatic carbocycles. The van der Waals surface area contributed by atoms with Crippen molar-refractivity contribution in [3.05, 3.63) is 96.1 Å². The predicted molar refractivity (Wildman–Crippen MR) is 139 cm³/mol. The zero-order valence-electron chi connectivity index (χ0n) is 20.6. The molecule has 7 heteroatoms. The summed E-state index contributed by atoms with van der Waals surface area (Å²) in [4.78, 5) is 38.3. The third kappa shape index (κ3) is 7.78. The first-order valence-corrected chi connectivity index (χ1v) is 12.1. The standard InChI is InChI=1S/C29H33N3O4/c1-20(2)17-25(18-26(33)32-36)28(34)31-27(29(35)30-19-21-9-5-3-6-10-21)24-15-13-23(14-16-24)22-11-7-4-8-12-22/h3-16,20,25,27,36H,17-19H2,1-2H3,(H,30,35)(H,31,34)(H,32,33)/t25-,27-/m1/s1. The van der Waals surface area contributed by atoms with Gasteiger partial charge in [-0.1, -0.05) is 98.8 Å². The van der Waals surface area contributed by atoms with Crippen molar-refractivity contribution in [2.45, 2.75) is 39.3 Å². The molecule has 188 valence electrons. The number of benzene rings is 3. The molecule has 7 nitrogen and oxygen atoms in total. The molecule has 0 spiro atoms. The van der Waals surface area contributed by atoms with Crippen LogP contribution in [0.5, 0.6) is 0 Å². The van der Waals surface area contributed by atoms with Crippen LogP contribution in [-0.4, -0.2) is 22.9 Å². The van der Waals surface area contributed by atoms with E-state index >= 15 is 0 Å². The van der Waals surface area contributed by atoms with Gasteiger partial charge in [0.25, 0.3) is 0 Å². The number of rotatable bonds is 11. The molecule has 0 saturated carbocycles. The number of hydrogen-bond acceptors (Lipinski definition) is 4. The SMILES string of the molecule is CC(C)C[C@H](CC(=O)NO)C(=O)N[C@@H](C(=O)NCc1ccccc1)c1ccc(-c2ccccc2)cc1. The van der Waals surface area contributed by atoms with E-state index in [-0.39, 0.29) is 18.2 Å². The Morgan fingerprint density at radius 2 is 1.36 bits per heavy atom. The van der Waals surface area contributed by atoms with Gasteiger partial charge in [0.05, 0.1) is 0 Å². The summed E-state index contributed by atoms with van der Waals surface area (Å²) >= 11 is 0. The van der Waals surface area contributed by atoms with Crippen molar-refractivity contribution in [2.24, 2.45) is 11.8 Å². The summed E-state index contributed by atoms with van der Waals surface area (Å²) in [6.45, 7) is 4.21. The fourth-order valence-electron chi connectivity index (χ4n) is 4.07. The van der Waals surface area contributed by atoms with Crippen molar-refractivity contribution in [3.8, 4) is 11.1 Å². The number of hydrogen-bond donors (Lipinski definition) is 4. The number of nitrogens with one attached hydrogen (secondary N) is 3. The summed E-state index contributed by atoms with van der Waals surface area (Å²) in [6, 6.07) is 25.9. The van der Waals surface area contributed by atoms with Gasteiger partial charge in [-0.25, -0.2) is 5.48 Å². The van der Waals surface area contributed by atoms with Crippen LogP contribution in [0.3, 0.4) is 0 Å². The fraction of sp³-hybridized carbons (Fsp3) is 0.276. The molecule has 0 saturated heterocycles. The van der Waals surface area contributed by atoms with Gasteiger partial charge in [-0.2, -0.15) is 0 Å². The van der Waals surface area contributed by atoms with Crippen molar-refractivity contribution >= 4 is 17.7 Å². The number of hydroxylamine groups is 1. The Bertz CT molecular complexity index is 1130. The van der Waals surface area contributed by atoms with E-state index in [2.05, 4.69) is 10.6 Å². The van der Waals surface area contributed by atoms with Gasteiger partial charge in [-0.05, 0) is 34.6 Å². The van der Waals surface area contributed by atoms with E-state index in [1.807, 2.05) is 98.8 Å². The average molecular weight is 488 g/mol. The number of carbonyl (C=O) groups is 3. The van der Waals surface area contributed by atoms with E-state index in [4.69, 9.17) is 5.21 Å². The van der Waals surface area contributed by atoms with Crippen LogP contribution in [0.1, 0.15) is 43.9 Å². The lowest BCUT2D eigenvalue weighted by Crippen LogP contribution is -2.43. The second kappa shape index (κ2) is 13.2. The first-order chi connectivity index (χ1) is 17.4. The normalized spacial score (nSPS) is 12.4. The van der Waals surface area contributed by atoms with E-state index in [1.54, 1.807) is 5.48 Å². The van der Waals surface area contributed by atoms with Crippen molar-refractivity contribution in [2.75, 3.05) is 0 Å². The van der Waals surface area contributed by atoms with Gasteiger partial charge in [0, 0.05) is 18.9 Å². The summed E-state index contributed by atoms with van der Waals surface area (Å²) in [6.07, 6.45) is 0.260. The Morgan fingerprint density at radius 1 is 0.778 bits per heavy atom. The third-order valence-corrected chi connectivity index (χ3v) is 5.89. The molecule has 0 bridgehead atoms. The molecule has 0 unspecified atom stereocenters. The maximum atomic E-state index is 13.3. The molecule has 0 aliphatic heterocycles. The van der Waals surface area contributed by atoms with Crippen LogP contribution in [0.15, 0.2) is 84.9 Å². The zero-order chi connectivity index (χ0) is 25.9. The smallest absolute Gasteiger partial charge is 0.247 e.